The van der Waals surface area contributed by atoms with E-state index in [0.717, 1.165) is 45.0 Å². The van der Waals surface area contributed by atoms with Gasteiger partial charge in [-0.05, 0) is 44.5 Å². The van der Waals surface area contributed by atoms with Crippen LogP contribution in [0, 0.1) is 20.8 Å². The maximum atomic E-state index is 6.12. The molecule has 0 radical (unpaired) electrons. The lowest BCUT2D eigenvalue weighted by atomic mass is 10.2. The maximum Gasteiger partial charge on any atom is 0.192 e. The van der Waals surface area contributed by atoms with Crippen LogP contribution in [0.3, 0.4) is 0 Å². The summed E-state index contributed by atoms with van der Waals surface area (Å²) >= 11 is 6.12. The van der Waals surface area contributed by atoms with Crippen LogP contribution in [-0.4, -0.2) is 35.3 Å². The molecule has 0 unspecified atom stereocenters. The number of halogens is 1. The van der Waals surface area contributed by atoms with E-state index in [-0.39, 0.29) is 6.61 Å². The molecule has 0 fully saturated rings. The summed E-state index contributed by atoms with van der Waals surface area (Å²) in [6, 6.07) is 13.4. The van der Waals surface area contributed by atoms with Crippen LogP contribution in [0.1, 0.15) is 28.3 Å². The van der Waals surface area contributed by atoms with Gasteiger partial charge in [-0.15, -0.1) is 5.10 Å². The first-order chi connectivity index (χ1) is 15.5. The van der Waals surface area contributed by atoms with Gasteiger partial charge >= 0.3 is 0 Å². The molecule has 4 aromatic heterocycles. The minimum Gasteiger partial charge on any atom is -0.387 e. The Morgan fingerprint density at radius 2 is 1.88 bits per heavy atom. The van der Waals surface area contributed by atoms with Crippen molar-refractivity contribution >= 4 is 34.5 Å². The average Bonchev–Trinajstić information content (AvgIpc) is 3.30. The van der Waals surface area contributed by atoms with Gasteiger partial charge in [-0.1, -0.05) is 41.0 Å². The number of hydrogen-bond acceptors (Lipinski definition) is 6. The minimum atomic E-state index is 0.127. The third kappa shape index (κ3) is 3.48. The molecule has 5 rings (SSSR count). The molecule has 32 heavy (non-hydrogen) atoms. The fraction of sp³-hybridized carbons (Fsp3) is 0.174. The van der Waals surface area contributed by atoms with Crippen LogP contribution in [0.15, 0.2) is 53.9 Å². The highest BCUT2D eigenvalue weighted by Gasteiger charge is 2.19. The van der Waals surface area contributed by atoms with Gasteiger partial charge in [0.15, 0.2) is 23.7 Å². The number of aryl methyl sites for hydroxylation is 2. The Labute approximate surface area is 189 Å². The molecule has 0 aliphatic carbocycles. The zero-order valence-electron chi connectivity index (χ0n) is 17.8. The Morgan fingerprint density at radius 3 is 2.69 bits per heavy atom. The first-order valence-electron chi connectivity index (χ1n) is 10.1. The highest BCUT2D eigenvalue weighted by atomic mass is 35.5. The van der Waals surface area contributed by atoms with E-state index in [1.54, 1.807) is 23.1 Å². The zero-order valence-corrected chi connectivity index (χ0v) is 18.6. The third-order valence-electron chi connectivity index (χ3n) is 5.34. The summed E-state index contributed by atoms with van der Waals surface area (Å²) in [6.45, 7) is 6.22. The molecule has 0 aliphatic heterocycles. The SMILES string of the molecule is Cc1cccc(-n2c(C)c(C)c3c2ncn2nc(CON=Cc4ccccc4Cl)nc32)n1. The number of pyridine rings is 1. The summed E-state index contributed by atoms with van der Waals surface area (Å²) in [6.07, 6.45) is 3.23. The molecule has 160 valence electrons. The number of rotatable bonds is 5. The normalized spacial score (nSPS) is 11.8. The Bertz CT molecular complexity index is 1490. The summed E-state index contributed by atoms with van der Waals surface area (Å²) in [4.78, 5) is 19.4. The van der Waals surface area contributed by atoms with Gasteiger partial charge in [0.1, 0.15) is 12.1 Å². The Morgan fingerprint density at radius 1 is 1.03 bits per heavy atom. The van der Waals surface area contributed by atoms with Gasteiger partial charge in [0.25, 0.3) is 0 Å². The molecule has 5 aromatic rings. The van der Waals surface area contributed by atoms with Gasteiger partial charge in [-0.2, -0.15) is 0 Å². The molecule has 9 heteroatoms. The van der Waals surface area contributed by atoms with Crippen LogP contribution in [0.25, 0.3) is 22.5 Å². The first-order valence-corrected chi connectivity index (χ1v) is 10.5. The molecule has 0 amide bonds. The molecule has 1 aromatic carbocycles. The van der Waals surface area contributed by atoms with Crippen LogP contribution in [-0.2, 0) is 11.4 Å². The fourth-order valence-corrected chi connectivity index (χ4v) is 3.85. The van der Waals surface area contributed by atoms with Crippen LogP contribution in [0.4, 0.5) is 0 Å². The molecule has 0 saturated heterocycles. The van der Waals surface area contributed by atoms with Crippen molar-refractivity contribution in [3.05, 3.63) is 82.2 Å². The van der Waals surface area contributed by atoms with Crippen molar-refractivity contribution in [2.75, 3.05) is 0 Å². The minimum absolute atomic E-state index is 0.127. The summed E-state index contributed by atoms with van der Waals surface area (Å²) in [5.74, 6) is 1.34. The number of aromatic nitrogens is 6. The second-order valence-corrected chi connectivity index (χ2v) is 7.86. The molecular weight excluding hydrogens is 426 g/mol. The van der Waals surface area contributed by atoms with Gasteiger partial charge in [0.2, 0.25) is 0 Å². The monoisotopic (exact) mass is 445 g/mol. The molecule has 0 N–H and O–H groups in total. The van der Waals surface area contributed by atoms with Gasteiger partial charge < -0.3 is 4.84 Å². The number of nitrogens with zero attached hydrogens (tertiary/aromatic N) is 7. The standard InChI is InChI=1S/C23H20ClN7O/c1-14-7-6-10-20(27-14)31-16(3)15(2)21-22(31)25-13-30-23(21)28-19(29-30)12-32-26-11-17-8-4-5-9-18(17)24/h4-11,13H,12H2,1-3H3. The van der Waals surface area contributed by atoms with E-state index in [1.807, 2.05) is 43.3 Å². The highest BCUT2D eigenvalue weighted by molar-refractivity contribution is 6.33. The number of benzene rings is 1. The lowest BCUT2D eigenvalue weighted by Crippen LogP contribution is -2.02. The average molecular weight is 446 g/mol. The van der Waals surface area contributed by atoms with Gasteiger partial charge in [-0.25, -0.2) is 19.5 Å². The molecular formula is C23H20ClN7O. The second kappa shape index (κ2) is 8.05. The summed E-state index contributed by atoms with van der Waals surface area (Å²) in [5.41, 5.74) is 5.38. The molecule has 8 nitrogen and oxygen atoms in total. The van der Waals surface area contributed by atoms with Crippen molar-refractivity contribution < 1.29 is 4.84 Å². The molecule has 4 heterocycles. The van der Waals surface area contributed by atoms with Crippen LogP contribution >= 0.6 is 11.6 Å². The second-order valence-electron chi connectivity index (χ2n) is 7.45. The smallest absolute Gasteiger partial charge is 0.192 e. The van der Waals surface area contributed by atoms with Crippen molar-refractivity contribution in [3.8, 4) is 5.82 Å². The van der Waals surface area contributed by atoms with E-state index in [0.29, 0.717) is 10.8 Å². The van der Waals surface area contributed by atoms with Gasteiger partial charge in [0.05, 0.1) is 11.6 Å². The van der Waals surface area contributed by atoms with Crippen LogP contribution in [0.2, 0.25) is 5.02 Å². The van der Waals surface area contributed by atoms with E-state index in [9.17, 15) is 0 Å². The molecule has 0 spiro atoms. The van der Waals surface area contributed by atoms with Crippen molar-refractivity contribution in [2.45, 2.75) is 27.4 Å². The van der Waals surface area contributed by atoms with E-state index in [1.165, 1.54) is 0 Å². The molecule has 0 atom stereocenters. The number of fused-ring (bicyclic) bond motifs is 3. The molecule has 0 aliphatic rings. The Balaban J connectivity index is 1.48. The van der Waals surface area contributed by atoms with Crippen LogP contribution < -0.4 is 0 Å². The first kappa shape index (κ1) is 20.1. The van der Waals surface area contributed by atoms with E-state index < -0.39 is 0 Å². The third-order valence-corrected chi connectivity index (χ3v) is 5.69. The van der Waals surface area contributed by atoms with E-state index in [4.69, 9.17) is 16.4 Å². The lowest BCUT2D eigenvalue weighted by molar-refractivity contribution is 0.126. The predicted molar refractivity (Wildman–Crippen MR) is 123 cm³/mol. The fourth-order valence-electron chi connectivity index (χ4n) is 3.67. The van der Waals surface area contributed by atoms with Gasteiger partial charge in [0, 0.05) is 22.0 Å². The number of hydrogen-bond donors (Lipinski definition) is 0. The predicted octanol–water partition coefficient (Wildman–Crippen LogP) is 4.59. The summed E-state index contributed by atoms with van der Waals surface area (Å²) in [7, 11) is 0. The van der Waals surface area contributed by atoms with Crippen molar-refractivity contribution in [3.63, 3.8) is 0 Å². The number of oxime groups is 1. The molecule has 0 bridgehead atoms. The van der Waals surface area contributed by atoms with E-state index >= 15 is 0 Å². The quantitative estimate of drug-likeness (QED) is 0.292. The summed E-state index contributed by atoms with van der Waals surface area (Å²) in [5, 5.41) is 10.0. The highest BCUT2D eigenvalue weighted by Crippen LogP contribution is 2.29. The Hall–Kier alpha value is -3.78. The lowest BCUT2D eigenvalue weighted by Gasteiger charge is -2.07. The van der Waals surface area contributed by atoms with Gasteiger partial charge in [-0.3, -0.25) is 4.57 Å². The Kier molecular flexibility index (Phi) is 5.07. The van der Waals surface area contributed by atoms with Crippen molar-refractivity contribution in [1.29, 1.82) is 0 Å². The topological polar surface area (TPSA) is 82.5 Å². The van der Waals surface area contributed by atoms with Crippen LogP contribution in [0.5, 0.6) is 0 Å². The maximum absolute atomic E-state index is 6.12. The van der Waals surface area contributed by atoms with Crippen molar-refractivity contribution in [1.82, 2.24) is 29.1 Å². The summed E-state index contributed by atoms with van der Waals surface area (Å²) < 4.78 is 3.72. The largest absolute Gasteiger partial charge is 0.387 e. The molecule has 0 saturated carbocycles. The van der Waals surface area contributed by atoms with E-state index in [2.05, 4.69) is 43.6 Å². The van der Waals surface area contributed by atoms with Crippen molar-refractivity contribution in [2.24, 2.45) is 5.16 Å². The zero-order chi connectivity index (χ0) is 22.2.